The number of halogens is 1. The van der Waals surface area contributed by atoms with Gasteiger partial charge in [0, 0.05) is 5.02 Å². The number of amides is 2. The zero-order chi connectivity index (χ0) is 16.6. The predicted molar refractivity (Wildman–Crippen MR) is 89.5 cm³/mol. The maximum atomic E-state index is 12.9. The summed E-state index contributed by atoms with van der Waals surface area (Å²) in [6, 6.07) is 10.4. The highest BCUT2D eigenvalue weighted by atomic mass is 35.5. The number of aryl methyl sites for hydroxylation is 1. The van der Waals surface area contributed by atoms with Crippen LogP contribution in [0.2, 0.25) is 5.02 Å². The van der Waals surface area contributed by atoms with Gasteiger partial charge in [0.1, 0.15) is 12.3 Å². The van der Waals surface area contributed by atoms with Gasteiger partial charge in [0.25, 0.3) is 5.91 Å². The number of anilines is 2. The summed E-state index contributed by atoms with van der Waals surface area (Å²) in [6.07, 6.45) is 0. The van der Waals surface area contributed by atoms with Gasteiger partial charge in [0.05, 0.1) is 24.0 Å². The van der Waals surface area contributed by atoms with Gasteiger partial charge in [-0.3, -0.25) is 14.5 Å². The summed E-state index contributed by atoms with van der Waals surface area (Å²) in [5.74, 6) is -0.152. The standard InChI is InChI=1S/C17H15ClN2O3/c1-10-3-5-14-13(7-10)19-16(21)9-20(14)17(22)12-8-11(18)4-6-15(12)23-2/h3-8H,9H2,1-2H3,(H,19,21). The van der Waals surface area contributed by atoms with E-state index in [1.165, 1.54) is 12.0 Å². The molecule has 0 aromatic heterocycles. The van der Waals surface area contributed by atoms with Crippen LogP contribution in [0.4, 0.5) is 11.4 Å². The summed E-state index contributed by atoms with van der Waals surface area (Å²) in [5.41, 5.74) is 2.60. The Morgan fingerprint density at radius 3 is 2.78 bits per heavy atom. The first-order valence-electron chi connectivity index (χ1n) is 7.05. The number of carbonyl (C=O) groups excluding carboxylic acids is 2. The van der Waals surface area contributed by atoms with Crippen molar-refractivity contribution in [3.63, 3.8) is 0 Å². The Bertz CT molecular complexity index is 804. The van der Waals surface area contributed by atoms with Gasteiger partial charge in [0.15, 0.2) is 0 Å². The smallest absolute Gasteiger partial charge is 0.262 e. The highest BCUT2D eigenvalue weighted by Crippen LogP contribution is 2.33. The SMILES string of the molecule is COc1ccc(Cl)cc1C(=O)N1CC(=O)Nc2cc(C)ccc21. The van der Waals surface area contributed by atoms with E-state index in [9.17, 15) is 9.59 Å². The van der Waals surface area contributed by atoms with E-state index in [0.717, 1.165) is 5.56 Å². The normalized spacial score (nSPS) is 13.3. The Kier molecular flexibility index (Phi) is 3.96. The molecule has 1 N–H and O–H groups in total. The van der Waals surface area contributed by atoms with Crippen LogP contribution in [0.1, 0.15) is 15.9 Å². The number of nitrogens with zero attached hydrogens (tertiary/aromatic N) is 1. The van der Waals surface area contributed by atoms with E-state index in [2.05, 4.69) is 5.32 Å². The Morgan fingerprint density at radius 1 is 1.26 bits per heavy atom. The fourth-order valence-electron chi connectivity index (χ4n) is 2.58. The number of hydrogen-bond donors (Lipinski definition) is 1. The fraction of sp³-hybridized carbons (Fsp3) is 0.176. The van der Waals surface area contributed by atoms with Gasteiger partial charge in [0.2, 0.25) is 5.91 Å². The first kappa shape index (κ1) is 15.4. The molecule has 0 spiro atoms. The molecule has 1 aliphatic heterocycles. The average molecular weight is 331 g/mol. The lowest BCUT2D eigenvalue weighted by atomic mass is 10.1. The number of carbonyl (C=O) groups is 2. The molecule has 6 heteroatoms. The zero-order valence-electron chi connectivity index (χ0n) is 12.7. The van der Waals surface area contributed by atoms with Crippen molar-refractivity contribution in [1.82, 2.24) is 0 Å². The molecule has 0 unspecified atom stereocenters. The second-order valence-corrected chi connectivity index (χ2v) is 5.74. The minimum Gasteiger partial charge on any atom is -0.496 e. The number of ether oxygens (including phenoxy) is 1. The van der Waals surface area contributed by atoms with E-state index < -0.39 is 0 Å². The van der Waals surface area contributed by atoms with Crippen molar-refractivity contribution >= 4 is 34.8 Å². The van der Waals surface area contributed by atoms with Crippen LogP contribution in [-0.4, -0.2) is 25.5 Å². The third kappa shape index (κ3) is 2.87. The molecule has 1 heterocycles. The van der Waals surface area contributed by atoms with E-state index in [1.54, 1.807) is 18.2 Å². The largest absolute Gasteiger partial charge is 0.496 e. The van der Waals surface area contributed by atoms with E-state index >= 15 is 0 Å². The van der Waals surface area contributed by atoms with E-state index in [0.29, 0.717) is 27.7 Å². The maximum absolute atomic E-state index is 12.9. The van der Waals surface area contributed by atoms with Gasteiger partial charge in [-0.2, -0.15) is 0 Å². The lowest BCUT2D eigenvalue weighted by molar-refractivity contribution is -0.115. The topological polar surface area (TPSA) is 58.6 Å². The van der Waals surface area contributed by atoms with Gasteiger partial charge >= 0.3 is 0 Å². The third-order valence-corrected chi connectivity index (χ3v) is 3.89. The Morgan fingerprint density at radius 2 is 2.04 bits per heavy atom. The molecule has 2 aromatic carbocycles. The first-order chi connectivity index (χ1) is 11.0. The van der Waals surface area contributed by atoms with Gasteiger partial charge in [-0.05, 0) is 42.8 Å². The monoisotopic (exact) mass is 330 g/mol. The minimum atomic E-state index is -0.329. The summed E-state index contributed by atoms with van der Waals surface area (Å²) in [6.45, 7) is 1.87. The molecule has 2 aromatic rings. The lowest BCUT2D eigenvalue weighted by Crippen LogP contribution is -2.42. The van der Waals surface area contributed by atoms with Crippen molar-refractivity contribution in [3.05, 3.63) is 52.5 Å². The Labute approximate surface area is 138 Å². The predicted octanol–water partition coefficient (Wildman–Crippen LogP) is 3.26. The molecule has 0 saturated heterocycles. The van der Waals surface area contributed by atoms with Crippen molar-refractivity contribution in [3.8, 4) is 5.75 Å². The molecule has 0 fully saturated rings. The quantitative estimate of drug-likeness (QED) is 0.919. The van der Waals surface area contributed by atoms with E-state index in [1.807, 2.05) is 25.1 Å². The molecule has 0 aliphatic carbocycles. The molecule has 2 amide bonds. The van der Waals surface area contributed by atoms with Gasteiger partial charge in [-0.15, -0.1) is 0 Å². The van der Waals surface area contributed by atoms with Crippen LogP contribution in [0, 0.1) is 6.92 Å². The molecule has 0 bridgehead atoms. The van der Waals surface area contributed by atoms with E-state index in [4.69, 9.17) is 16.3 Å². The average Bonchev–Trinajstić information content (AvgIpc) is 2.52. The Balaban J connectivity index is 2.07. The van der Waals surface area contributed by atoms with Gasteiger partial charge in [-0.1, -0.05) is 17.7 Å². The summed E-state index contributed by atoms with van der Waals surface area (Å²) < 4.78 is 5.24. The summed E-state index contributed by atoms with van der Waals surface area (Å²) >= 11 is 6.00. The van der Waals surface area contributed by atoms with Crippen LogP contribution in [0.3, 0.4) is 0 Å². The fourth-order valence-corrected chi connectivity index (χ4v) is 2.75. The van der Waals surface area contributed by atoms with Crippen LogP contribution in [0.15, 0.2) is 36.4 Å². The van der Waals surface area contributed by atoms with Crippen molar-refractivity contribution < 1.29 is 14.3 Å². The van der Waals surface area contributed by atoms with Crippen LogP contribution < -0.4 is 15.0 Å². The number of benzene rings is 2. The van der Waals surface area contributed by atoms with Crippen LogP contribution >= 0.6 is 11.6 Å². The number of hydrogen-bond acceptors (Lipinski definition) is 3. The zero-order valence-corrected chi connectivity index (χ0v) is 13.5. The minimum absolute atomic E-state index is 0.0510. The van der Waals surface area contributed by atoms with Gasteiger partial charge < -0.3 is 10.1 Å². The highest BCUT2D eigenvalue weighted by molar-refractivity contribution is 6.31. The number of fused-ring (bicyclic) bond motifs is 1. The molecule has 0 radical (unpaired) electrons. The molecule has 0 atom stereocenters. The molecular formula is C17H15ClN2O3. The number of nitrogens with one attached hydrogen (secondary N) is 1. The molecule has 118 valence electrons. The van der Waals surface area contributed by atoms with Gasteiger partial charge in [-0.25, -0.2) is 0 Å². The van der Waals surface area contributed by atoms with Crippen LogP contribution in [0.5, 0.6) is 5.75 Å². The third-order valence-electron chi connectivity index (χ3n) is 3.66. The second kappa shape index (κ2) is 5.93. The highest BCUT2D eigenvalue weighted by Gasteiger charge is 2.29. The molecular weight excluding hydrogens is 316 g/mol. The van der Waals surface area contributed by atoms with E-state index in [-0.39, 0.29) is 18.4 Å². The number of methoxy groups -OCH3 is 1. The molecule has 5 nitrogen and oxygen atoms in total. The molecule has 0 saturated carbocycles. The van der Waals surface area contributed by atoms with Crippen molar-refractivity contribution in [2.45, 2.75) is 6.92 Å². The molecule has 1 aliphatic rings. The summed E-state index contributed by atoms with van der Waals surface area (Å²) in [4.78, 5) is 26.3. The maximum Gasteiger partial charge on any atom is 0.262 e. The Hall–Kier alpha value is -2.53. The summed E-state index contributed by atoms with van der Waals surface area (Å²) in [5, 5.41) is 3.22. The molecule has 23 heavy (non-hydrogen) atoms. The van der Waals surface area contributed by atoms with Crippen LogP contribution in [-0.2, 0) is 4.79 Å². The van der Waals surface area contributed by atoms with Crippen LogP contribution in [0.25, 0.3) is 0 Å². The first-order valence-corrected chi connectivity index (χ1v) is 7.43. The summed E-state index contributed by atoms with van der Waals surface area (Å²) in [7, 11) is 1.49. The van der Waals surface area contributed by atoms with Crippen molar-refractivity contribution in [2.24, 2.45) is 0 Å². The lowest BCUT2D eigenvalue weighted by Gasteiger charge is -2.30. The molecule has 3 rings (SSSR count). The number of rotatable bonds is 2. The van der Waals surface area contributed by atoms with Crippen molar-refractivity contribution in [2.75, 3.05) is 23.9 Å². The second-order valence-electron chi connectivity index (χ2n) is 5.30. The van der Waals surface area contributed by atoms with Crippen molar-refractivity contribution in [1.29, 1.82) is 0 Å².